The molecule has 0 radical (unpaired) electrons. The summed E-state index contributed by atoms with van der Waals surface area (Å²) in [5.41, 5.74) is 9.48. The molecule has 4 nitrogen and oxygen atoms in total. The maximum absolute atomic E-state index is 13.1. The molecule has 0 spiro atoms. The van der Waals surface area contributed by atoms with Gasteiger partial charge in [-0.25, -0.2) is 4.98 Å². The SMILES string of the molecule is Cc1ccccc1-n1c([C@H](C)N)nc2cccc(C)c2c1=O. The van der Waals surface area contributed by atoms with Crippen molar-refractivity contribution in [1.29, 1.82) is 0 Å². The molecular formula is C18H19N3O. The minimum Gasteiger partial charge on any atom is -0.322 e. The van der Waals surface area contributed by atoms with Crippen molar-refractivity contribution in [3.8, 4) is 5.69 Å². The first-order valence-corrected chi connectivity index (χ1v) is 7.34. The summed E-state index contributed by atoms with van der Waals surface area (Å²) in [4.78, 5) is 17.7. The Labute approximate surface area is 129 Å². The Balaban J connectivity index is 2.50. The summed E-state index contributed by atoms with van der Waals surface area (Å²) in [5.74, 6) is 0.581. The van der Waals surface area contributed by atoms with Crippen molar-refractivity contribution in [3.05, 3.63) is 69.8 Å². The molecular weight excluding hydrogens is 274 g/mol. The van der Waals surface area contributed by atoms with E-state index in [9.17, 15) is 4.79 Å². The molecule has 0 aliphatic heterocycles. The van der Waals surface area contributed by atoms with Gasteiger partial charge in [-0.15, -0.1) is 0 Å². The molecule has 0 saturated carbocycles. The monoisotopic (exact) mass is 293 g/mol. The van der Waals surface area contributed by atoms with Crippen LogP contribution in [0.15, 0.2) is 47.3 Å². The molecule has 2 aromatic carbocycles. The summed E-state index contributed by atoms with van der Waals surface area (Å²) in [7, 11) is 0. The van der Waals surface area contributed by atoms with Gasteiger partial charge in [-0.05, 0) is 44.0 Å². The van der Waals surface area contributed by atoms with E-state index in [1.807, 2.05) is 63.2 Å². The molecule has 0 bridgehead atoms. The van der Waals surface area contributed by atoms with Crippen LogP contribution in [0.25, 0.3) is 16.6 Å². The summed E-state index contributed by atoms with van der Waals surface area (Å²) < 4.78 is 1.65. The van der Waals surface area contributed by atoms with E-state index in [0.29, 0.717) is 16.7 Å². The predicted molar refractivity (Wildman–Crippen MR) is 89.4 cm³/mol. The van der Waals surface area contributed by atoms with E-state index in [0.717, 1.165) is 16.8 Å². The van der Waals surface area contributed by atoms with E-state index in [4.69, 9.17) is 5.73 Å². The number of nitrogens with two attached hydrogens (primary N) is 1. The van der Waals surface area contributed by atoms with Gasteiger partial charge >= 0.3 is 0 Å². The van der Waals surface area contributed by atoms with E-state index < -0.39 is 0 Å². The molecule has 1 heterocycles. The Morgan fingerprint density at radius 1 is 1.05 bits per heavy atom. The van der Waals surface area contributed by atoms with Crippen molar-refractivity contribution in [3.63, 3.8) is 0 Å². The van der Waals surface area contributed by atoms with Gasteiger partial charge in [-0.2, -0.15) is 0 Å². The maximum Gasteiger partial charge on any atom is 0.266 e. The van der Waals surface area contributed by atoms with Gasteiger partial charge in [-0.3, -0.25) is 9.36 Å². The van der Waals surface area contributed by atoms with Crippen molar-refractivity contribution in [2.24, 2.45) is 5.73 Å². The van der Waals surface area contributed by atoms with Crippen LogP contribution in [-0.2, 0) is 0 Å². The van der Waals surface area contributed by atoms with Crippen LogP contribution >= 0.6 is 0 Å². The number of hydrogen-bond acceptors (Lipinski definition) is 3. The van der Waals surface area contributed by atoms with Gasteiger partial charge in [0.15, 0.2) is 0 Å². The fourth-order valence-electron chi connectivity index (χ4n) is 2.77. The second-order valence-corrected chi connectivity index (χ2v) is 5.65. The molecule has 0 fully saturated rings. The molecule has 4 heteroatoms. The van der Waals surface area contributed by atoms with Crippen LogP contribution in [0.3, 0.4) is 0 Å². The highest BCUT2D eigenvalue weighted by Gasteiger charge is 2.17. The lowest BCUT2D eigenvalue weighted by molar-refractivity contribution is 0.694. The smallest absolute Gasteiger partial charge is 0.266 e. The van der Waals surface area contributed by atoms with E-state index in [-0.39, 0.29) is 11.6 Å². The second-order valence-electron chi connectivity index (χ2n) is 5.65. The van der Waals surface area contributed by atoms with Gasteiger partial charge < -0.3 is 5.73 Å². The van der Waals surface area contributed by atoms with Crippen LogP contribution in [0.2, 0.25) is 0 Å². The number of benzene rings is 2. The summed E-state index contributed by atoms with van der Waals surface area (Å²) in [5, 5.41) is 0.648. The minimum absolute atomic E-state index is 0.0651. The Morgan fingerprint density at radius 3 is 2.41 bits per heavy atom. The molecule has 0 unspecified atom stereocenters. The van der Waals surface area contributed by atoms with Crippen molar-refractivity contribution in [2.75, 3.05) is 0 Å². The summed E-state index contributed by atoms with van der Waals surface area (Å²) in [6, 6.07) is 13.1. The average molecular weight is 293 g/mol. The fraction of sp³-hybridized carbons (Fsp3) is 0.222. The summed E-state index contributed by atoms with van der Waals surface area (Å²) in [6.07, 6.45) is 0. The third-order valence-corrected chi connectivity index (χ3v) is 3.90. The van der Waals surface area contributed by atoms with Crippen molar-refractivity contribution in [2.45, 2.75) is 26.8 Å². The lowest BCUT2D eigenvalue weighted by atomic mass is 10.1. The van der Waals surface area contributed by atoms with Crippen molar-refractivity contribution < 1.29 is 0 Å². The largest absolute Gasteiger partial charge is 0.322 e. The highest BCUT2D eigenvalue weighted by molar-refractivity contribution is 5.81. The molecule has 112 valence electrons. The molecule has 0 saturated heterocycles. The number of nitrogens with zero attached hydrogens (tertiary/aromatic N) is 2. The lowest BCUT2D eigenvalue weighted by Gasteiger charge is -2.18. The Hall–Kier alpha value is -2.46. The topological polar surface area (TPSA) is 60.9 Å². The normalized spacial score (nSPS) is 12.5. The van der Waals surface area contributed by atoms with Gasteiger partial charge in [0.05, 0.1) is 22.6 Å². The molecule has 3 rings (SSSR count). The molecule has 1 aromatic heterocycles. The molecule has 0 aliphatic carbocycles. The zero-order chi connectivity index (χ0) is 15.9. The van der Waals surface area contributed by atoms with Gasteiger partial charge in [0.25, 0.3) is 5.56 Å². The molecule has 0 amide bonds. The fourth-order valence-corrected chi connectivity index (χ4v) is 2.77. The molecule has 3 aromatic rings. The lowest BCUT2D eigenvalue weighted by Crippen LogP contribution is -2.28. The van der Waals surface area contributed by atoms with Gasteiger partial charge in [0.2, 0.25) is 0 Å². The van der Waals surface area contributed by atoms with E-state index in [1.54, 1.807) is 4.57 Å². The summed E-state index contributed by atoms with van der Waals surface area (Å²) in [6.45, 7) is 5.76. The average Bonchev–Trinajstić information content (AvgIpc) is 2.48. The minimum atomic E-state index is -0.336. The molecule has 22 heavy (non-hydrogen) atoms. The zero-order valence-electron chi connectivity index (χ0n) is 13.0. The van der Waals surface area contributed by atoms with Crippen molar-refractivity contribution >= 4 is 10.9 Å². The highest BCUT2D eigenvalue weighted by atomic mass is 16.1. The predicted octanol–water partition coefficient (Wildman–Crippen LogP) is 3.02. The first kappa shape index (κ1) is 14.5. The number of aryl methyl sites for hydroxylation is 2. The third kappa shape index (κ3) is 2.22. The van der Waals surface area contributed by atoms with Gasteiger partial charge in [0.1, 0.15) is 5.82 Å². The first-order chi connectivity index (χ1) is 10.5. The van der Waals surface area contributed by atoms with Gasteiger partial charge in [-0.1, -0.05) is 30.3 Å². The molecule has 1 atom stereocenters. The first-order valence-electron chi connectivity index (χ1n) is 7.34. The maximum atomic E-state index is 13.1. The van der Waals surface area contributed by atoms with Gasteiger partial charge in [0, 0.05) is 0 Å². The number of hydrogen-bond donors (Lipinski definition) is 1. The Morgan fingerprint density at radius 2 is 1.73 bits per heavy atom. The zero-order valence-corrected chi connectivity index (χ0v) is 13.0. The third-order valence-electron chi connectivity index (χ3n) is 3.90. The number of fused-ring (bicyclic) bond motifs is 1. The Bertz CT molecular complexity index is 910. The number of rotatable bonds is 2. The van der Waals surface area contributed by atoms with Crippen molar-refractivity contribution in [1.82, 2.24) is 9.55 Å². The number of aromatic nitrogens is 2. The highest BCUT2D eigenvalue weighted by Crippen LogP contribution is 2.20. The van der Waals surface area contributed by atoms with Crippen LogP contribution < -0.4 is 11.3 Å². The second kappa shape index (κ2) is 5.39. The van der Waals surface area contributed by atoms with Crippen LogP contribution in [0.4, 0.5) is 0 Å². The van der Waals surface area contributed by atoms with Crippen LogP contribution in [0.5, 0.6) is 0 Å². The quantitative estimate of drug-likeness (QED) is 0.790. The number of para-hydroxylation sites is 1. The molecule has 2 N–H and O–H groups in total. The van der Waals surface area contributed by atoms with E-state index >= 15 is 0 Å². The Kier molecular flexibility index (Phi) is 3.54. The van der Waals surface area contributed by atoms with E-state index in [2.05, 4.69) is 4.98 Å². The van der Waals surface area contributed by atoms with E-state index in [1.165, 1.54) is 0 Å². The van der Waals surface area contributed by atoms with Crippen LogP contribution in [-0.4, -0.2) is 9.55 Å². The van der Waals surface area contributed by atoms with Crippen LogP contribution in [0, 0.1) is 13.8 Å². The summed E-state index contributed by atoms with van der Waals surface area (Å²) >= 11 is 0. The van der Waals surface area contributed by atoms with Crippen LogP contribution in [0.1, 0.15) is 29.9 Å². The molecule has 0 aliphatic rings. The standard InChI is InChI=1S/C18H19N3O/c1-11-7-4-5-10-15(11)21-17(13(3)19)20-14-9-6-8-12(2)16(14)18(21)22/h4-10,13H,19H2,1-3H3/t13-/m0/s1.